The monoisotopic (exact) mass is 334 g/mol. The van der Waals surface area contributed by atoms with Crippen molar-refractivity contribution < 1.29 is 13.9 Å². The van der Waals surface area contributed by atoms with Crippen LogP contribution in [0.1, 0.15) is 5.56 Å². The molecular weight excluding hydrogens is 318 g/mol. The third kappa shape index (κ3) is 3.48. The Morgan fingerprint density at radius 1 is 1.09 bits per heavy atom. The van der Waals surface area contributed by atoms with Gasteiger partial charge in [0.1, 0.15) is 11.6 Å². The molecule has 0 aliphatic heterocycles. The minimum absolute atomic E-state index is 0.0411. The van der Waals surface area contributed by atoms with E-state index in [1.165, 1.54) is 12.1 Å². The van der Waals surface area contributed by atoms with Gasteiger partial charge in [-0.15, -0.1) is 12.6 Å². The van der Waals surface area contributed by atoms with Crippen molar-refractivity contribution >= 4 is 29.2 Å². The fraction of sp³-hybridized carbons (Fsp3) is 0.176. The van der Waals surface area contributed by atoms with E-state index in [1.54, 1.807) is 0 Å². The van der Waals surface area contributed by atoms with Crippen molar-refractivity contribution in [3.05, 3.63) is 59.8 Å². The second-order valence-electron chi connectivity index (χ2n) is 5.30. The van der Waals surface area contributed by atoms with E-state index in [4.69, 9.17) is 5.11 Å². The minimum atomic E-state index is -0.590. The van der Waals surface area contributed by atoms with E-state index in [0.717, 1.165) is 27.6 Å². The van der Waals surface area contributed by atoms with E-state index in [2.05, 4.69) is 17.9 Å². The standard InChI is InChI=1S/C17H16F2N2OS/c18-12-5-11(6-13(19)7-12)9-21-10-17(23)15-2-1-14(8-16(15)21)20-3-4-22/h1-2,5-8,10,20,22-23H,3-4,9H2. The maximum Gasteiger partial charge on any atom is 0.126 e. The number of aliphatic hydroxyl groups is 1. The average molecular weight is 334 g/mol. The lowest BCUT2D eigenvalue weighted by atomic mass is 10.2. The molecule has 0 atom stereocenters. The first-order chi connectivity index (χ1) is 11.1. The van der Waals surface area contributed by atoms with Crippen molar-refractivity contribution in [1.82, 2.24) is 4.57 Å². The molecule has 23 heavy (non-hydrogen) atoms. The van der Waals surface area contributed by atoms with Crippen LogP contribution >= 0.6 is 12.6 Å². The number of hydrogen-bond acceptors (Lipinski definition) is 3. The Hall–Kier alpha value is -2.05. The first-order valence-corrected chi connectivity index (χ1v) is 7.63. The Balaban J connectivity index is 1.99. The van der Waals surface area contributed by atoms with Crippen LogP contribution in [0, 0.1) is 11.6 Å². The highest BCUT2D eigenvalue weighted by molar-refractivity contribution is 7.80. The Morgan fingerprint density at radius 3 is 2.52 bits per heavy atom. The summed E-state index contributed by atoms with van der Waals surface area (Å²) in [5.74, 6) is -1.18. The minimum Gasteiger partial charge on any atom is -0.395 e. The zero-order valence-corrected chi connectivity index (χ0v) is 13.2. The molecule has 0 saturated carbocycles. The number of halogens is 2. The van der Waals surface area contributed by atoms with Crippen molar-refractivity contribution in [1.29, 1.82) is 0 Å². The van der Waals surface area contributed by atoms with Crippen LogP contribution in [0.3, 0.4) is 0 Å². The number of nitrogens with one attached hydrogen (secondary N) is 1. The predicted molar refractivity (Wildman–Crippen MR) is 90.2 cm³/mol. The molecule has 0 fully saturated rings. The van der Waals surface area contributed by atoms with Crippen LogP contribution in [0.5, 0.6) is 0 Å². The number of hydrogen-bond donors (Lipinski definition) is 3. The summed E-state index contributed by atoms with van der Waals surface area (Å²) < 4.78 is 28.6. The summed E-state index contributed by atoms with van der Waals surface area (Å²) in [5, 5.41) is 13.0. The Bertz CT molecular complexity index is 828. The molecule has 0 aliphatic carbocycles. The van der Waals surface area contributed by atoms with Crippen LogP contribution < -0.4 is 5.32 Å². The number of aromatic nitrogens is 1. The van der Waals surface area contributed by atoms with Crippen molar-refractivity contribution in [3.63, 3.8) is 0 Å². The number of anilines is 1. The molecule has 3 aromatic rings. The molecule has 1 aromatic heterocycles. The molecule has 0 unspecified atom stereocenters. The van der Waals surface area contributed by atoms with E-state index in [-0.39, 0.29) is 6.61 Å². The van der Waals surface area contributed by atoms with E-state index >= 15 is 0 Å². The maximum atomic E-state index is 13.4. The zero-order valence-electron chi connectivity index (χ0n) is 12.3. The number of nitrogens with zero attached hydrogens (tertiary/aromatic N) is 1. The molecule has 0 bridgehead atoms. The van der Waals surface area contributed by atoms with Gasteiger partial charge in [0.05, 0.1) is 12.1 Å². The number of rotatable bonds is 5. The number of fused-ring (bicyclic) bond motifs is 1. The smallest absolute Gasteiger partial charge is 0.126 e. The Kier molecular flexibility index (Phi) is 4.54. The zero-order chi connectivity index (χ0) is 16.4. The largest absolute Gasteiger partial charge is 0.395 e. The highest BCUT2D eigenvalue weighted by atomic mass is 32.1. The van der Waals surface area contributed by atoms with Gasteiger partial charge in [-0.25, -0.2) is 8.78 Å². The lowest BCUT2D eigenvalue weighted by Crippen LogP contribution is -2.05. The van der Waals surface area contributed by atoms with Gasteiger partial charge < -0.3 is 15.0 Å². The van der Waals surface area contributed by atoms with Crippen molar-refractivity contribution in [3.8, 4) is 0 Å². The number of benzene rings is 2. The molecule has 1 heterocycles. The van der Waals surface area contributed by atoms with Gasteiger partial charge >= 0.3 is 0 Å². The Morgan fingerprint density at radius 2 is 1.83 bits per heavy atom. The first kappa shape index (κ1) is 15.8. The lowest BCUT2D eigenvalue weighted by molar-refractivity contribution is 0.311. The highest BCUT2D eigenvalue weighted by Crippen LogP contribution is 2.28. The van der Waals surface area contributed by atoms with E-state index < -0.39 is 11.6 Å². The van der Waals surface area contributed by atoms with Gasteiger partial charge in [0, 0.05) is 41.3 Å². The summed E-state index contributed by atoms with van der Waals surface area (Å²) in [6.45, 7) is 0.837. The van der Waals surface area contributed by atoms with Crippen LogP contribution in [0.2, 0.25) is 0 Å². The summed E-state index contributed by atoms with van der Waals surface area (Å²) in [6, 6.07) is 9.27. The summed E-state index contributed by atoms with van der Waals surface area (Å²) in [6.07, 6.45) is 1.84. The molecule has 0 saturated heterocycles. The van der Waals surface area contributed by atoms with E-state index in [9.17, 15) is 8.78 Å². The van der Waals surface area contributed by atoms with Crippen LogP contribution in [0.4, 0.5) is 14.5 Å². The van der Waals surface area contributed by atoms with Crippen molar-refractivity contribution in [2.45, 2.75) is 11.4 Å². The molecule has 0 spiro atoms. The number of thiol groups is 1. The highest BCUT2D eigenvalue weighted by Gasteiger charge is 2.09. The fourth-order valence-corrected chi connectivity index (χ4v) is 2.94. The predicted octanol–water partition coefficient (Wildman–Crippen LogP) is 3.66. The summed E-state index contributed by atoms with van der Waals surface area (Å²) in [5.41, 5.74) is 2.31. The maximum absolute atomic E-state index is 13.4. The molecule has 3 rings (SSSR count). The van der Waals surface area contributed by atoms with E-state index in [0.29, 0.717) is 18.7 Å². The van der Waals surface area contributed by atoms with Gasteiger partial charge in [0.2, 0.25) is 0 Å². The molecule has 0 radical (unpaired) electrons. The van der Waals surface area contributed by atoms with Crippen molar-refractivity contribution in [2.75, 3.05) is 18.5 Å². The molecule has 120 valence electrons. The van der Waals surface area contributed by atoms with Crippen LogP contribution in [-0.4, -0.2) is 22.8 Å². The average Bonchev–Trinajstić information content (AvgIpc) is 2.80. The quantitative estimate of drug-likeness (QED) is 0.623. The summed E-state index contributed by atoms with van der Waals surface area (Å²) >= 11 is 4.45. The molecule has 0 amide bonds. The fourth-order valence-electron chi connectivity index (χ4n) is 2.61. The summed E-state index contributed by atoms with van der Waals surface area (Å²) in [7, 11) is 0. The van der Waals surface area contributed by atoms with Gasteiger partial charge in [-0.2, -0.15) is 0 Å². The Labute approximate surface area is 138 Å². The van der Waals surface area contributed by atoms with Crippen LogP contribution in [0.15, 0.2) is 47.5 Å². The van der Waals surface area contributed by atoms with Crippen molar-refractivity contribution in [2.24, 2.45) is 0 Å². The summed E-state index contributed by atoms with van der Waals surface area (Å²) in [4.78, 5) is 0.797. The molecule has 2 N–H and O–H groups in total. The molecule has 3 nitrogen and oxygen atoms in total. The van der Waals surface area contributed by atoms with Gasteiger partial charge in [-0.3, -0.25) is 0 Å². The van der Waals surface area contributed by atoms with Crippen LogP contribution in [-0.2, 0) is 6.54 Å². The SMILES string of the molecule is OCCNc1ccc2c(S)cn(Cc3cc(F)cc(F)c3)c2c1. The van der Waals surface area contributed by atoms with Gasteiger partial charge in [0.25, 0.3) is 0 Å². The topological polar surface area (TPSA) is 37.2 Å². The molecule has 6 heteroatoms. The third-order valence-corrected chi connectivity index (χ3v) is 3.93. The van der Waals surface area contributed by atoms with Crippen LogP contribution in [0.25, 0.3) is 10.9 Å². The van der Waals surface area contributed by atoms with E-state index in [1.807, 2.05) is 29.0 Å². The second-order valence-corrected chi connectivity index (χ2v) is 5.78. The van der Waals surface area contributed by atoms with Gasteiger partial charge in [-0.05, 0) is 35.9 Å². The lowest BCUT2D eigenvalue weighted by Gasteiger charge is -2.09. The number of aliphatic hydroxyl groups excluding tert-OH is 1. The first-order valence-electron chi connectivity index (χ1n) is 7.18. The normalized spacial score (nSPS) is 11.1. The van der Waals surface area contributed by atoms with Gasteiger partial charge in [-0.1, -0.05) is 0 Å². The molecular formula is C17H16F2N2OS. The molecule has 2 aromatic carbocycles. The third-order valence-electron chi connectivity index (χ3n) is 3.58. The second kappa shape index (κ2) is 6.60. The van der Waals surface area contributed by atoms with Gasteiger partial charge in [0.15, 0.2) is 0 Å². The molecule has 0 aliphatic rings.